The van der Waals surface area contributed by atoms with E-state index in [9.17, 15) is 5.26 Å². The number of nitriles is 1. The van der Waals surface area contributed by atoms with Gasteiger partial charge in [0.15, 0.2) is 0 Å². The summed E-state index contributed by atoms with van der Waals surface area (Å²) < 4.78 is 17.5. The fourth-order valence-electron chi connectivity index (χ4n) is 2.81. The van der Waals surface area contributed by atoms with Crippen molar-refractivity contribution in [2.45, 2.75) is 32.0 Å². The highest BCUT2D eigenvalue weighted by molar-refractivity contribution is 6.63. The maximum Gasteiger partial charge on any atom is 0.497 e. The van der Waals surface area contributed by atoms with E-state index in [-0.39, 0.29) is 0 Å². The topological polar surface area (TPSA) is 64.4 Å². The number of fused-ring (bicyclic) bond motifs is 1. The number of hydrogen-bond donors (Lipinski definition) is 0. The molecule has 1 unspecified atom stereocenters. The first-order valence-electron chi connectivity index (χ1n) is 7.54. The van der Waals surface area contributed by atoms with Gasteiger partial charge in [0, 0.05) is 12.6 Å². The average molecular weight is 310 g/mol. The van der Waals surface area contributed by atoms with E-state index in [0.717, 1.165) is 10.9 Å². The Hall–Kier alpha value is -1.94. The highest BCUT2D eigenvalue weighted by Crippen LogP contribution is 2.37. The fourth-order valence-corrected chi connectivity index (χ4v) is 2.81. The zero-order valence-corrected chi connectivity index (χ0v) is 13.8. The first kappa shape index (κ1) is 15.9. The van der Waals surface area contributed by atoms with Gasteiger partial charge in [-0.1, -0.05) is 24.3 Å². The van der Waals surface area contributed by atoms with Crippen LogP contribution in [0.5, 0.6) is 0 Å². The highest BCUT2D eigenvalue weighted by Gasteiger charge is 2.55. The van der Waals surface area contributed by atoms with Gasteiger partial charge in [-0.3, -0.25) is 0 Å². The Morgan fingerprint density at radius 1 is 1.26 bits per heavy atom. The van der Waals surface area contributed by atoms with E-state index < -0.39 is 18.3 Å². The average Bonchev–Trinajstić information content (AvgIpc) is 2.76. The van der Waals surface area contributed by atoms with E-state index in [2.05, 4.69) is 11.1 Å². The third-order valence-corrected chi connectivity index (χ3v) is 4.58. The molecule has 1 fully saturated rings. The van der Waals surface area contributed by atoms with Crippen molar-refractivity contribution in [1.82, 2.24) is 4.98 Å². The molecule has 118 valence electrons. The minimum atomic E-state index is -0.642. The zero-order chi connectivity index (χ0) is 16.7. The van der Waals surface area contributed by atoms with Crippen molar-refractivity contribution < 1.29 is 14.0 Å². The van der Waals surface area contributed by atoms with Crippen molar-refractivity contribution in [2.75, 3.05) is 13.7 Å². The lowest BCUT2D eigenvalue weighted by molar-refractivity contribution is -0.0594. The molecule has 0 amide bonds. The second-order valence-electron chi connectivity index (χ2n) is 6.47. The predicted molar refractivity (Wildman–Crippen MR) is 88.4 cm³/mol. The molecule has 1 aromatic heterocycles. The molecule has 1 aliphatic rings. The Kier molecular flexibility index (Phi) is 3.89. The maximum absolute atomic E-state index is 9.45. The predicted octanol–water partition coefficient (Wildman–Crippen LogP) is 2.03. The Balaban J connectivity index is 2.06. The minimum Gasteiger partial charge on any atom is -0.399 e. The minimum absolute atomic E-state index is 0.325. The van der Waals surface area contributed by atoms with Crippen LogP contribution in [0.1, 0.15) is 26.5 Å². The molecule has 2 aromatic rings. The lowest BCUT2D eigenvalue weighted by Gasteiger charge is -2.35. The van der Waals surface area contributed by atoms with Crippen molar-refractivity contribution in [2.24, 2.45) is 0 Å². The van der Waals surface area contributed by atoms with Crippen LogP contribution >= 0.6 is 0 Å². The molecule has 2 heterocycles. The van der Waals surface area contributed by atoms with Gasteiger partial charge in [0.25, 0.3) is 0 Å². The van der Waals surface area contributed by atoms with Crippen LogP contribution in [0.4, 0.5) is 0 Å². The third-order valence-electron chi connectivity index (χ3n) is 4.58. The normalized spacial score (nSPS) is 23.2. The lowest BCUT2D eigenvalue weighted by Crippen LogP contribution is -2.48. The molecule has 5 nitrogen and oxygen atoms in total. The van der Waals surface area contributed by atoms with E-state index in [1.807, 2.05) is 51.1 Å². The molecule has 0 bridgehead atoms. The zero-order valence-electron chi connectivity index (χ0n) is 13.8. The summed E-state index contributed by atoms with van der Waals surface area (Å²) in [6, 6.07) is 11.7. The van der Waals surface area contributed by atoms with Crippen LogP contribution in [-0.4, -0.2) is 37.0 Å². The molecule has 1 saturated heterocycles. The summed E-state index contributed by atoms with van der Waals surface area (Å²) in [5, 5.41) is 10.4. The van der Waals surface area contributed by atoms with E-state index >= 15 is 0 Å². The number of ether oxygens (including phenoxy) is 1. The lowest BCUT2D eigenvalue weighted by atomic mass is 9.77. The molecule has 0 radical (unpaired) electrons. The van der Waals surface area contributed by atoms with Gasteiger partial charge in [-0.15, -0.1) is 0 Å². The highest BCUT2D eigenvalue weighted by atomic mass is 16.7. The summed E-state index contributed by atoms with van der Waals surface area (Å²) in [6.07, 6.45) is 0. The fraction of sp³-hybridized carbons (Fsp3) is 0.412. The number of rotatable bonds is 3. The quantitative estimate of drug-likeness (QED) is 0.812. The molecule has 1 atom stereocenters. The Bertz CT molecular complexity index is 787. The van der Waals surface area contributed by atoms with E-state index in [1.165, 1.54) is 0 Å². The van der Waals surface area contributed by atoms with Crippen molar-refractivity contribution in [1.29, 1.82) is 5.26 Å². The van der Waals surface area contributed by atoms with Gasteiger partial charge in [-0.25, -0.2) is 4.98 Å². The third kappa shape index (κ3) is 2.61. The Morgan fingerprint density at radius 2 is 2.00 bits per heavy atom. The second-order valence-corrected chi connectivity index (χ2v) is 6.47. The molecular weight excluding hydrogens is 291 g/mol. The first-order valence-corrected chi connectivity index (χ1v) is 7.54. The van der Waals surface area contributed by atoms with Gasteiger partial charge in [-0.2, -0.15) is 5.26 Å². The number of methoxy groups -OCH3 is 1. The molecule has 6 heteroatoms. The van der Waals surface area contributed by atoms with Gasteiger partial charge < -0.3 is 14.0 Å². The largest absolute Gasteiger partial charge is 0.497 e. The first-order chi connectivity index (χ1) is 10.9. The number of nitrogens with zero attached hydrogens (tertiary/aromatic N) is 2. The number of hydrogen-bond acceptors (Lipinski definition) is 5. The number of pyridine rings is 1. The van der Waals surface area contributed by atoms with Crippen LogP contribution in [-0.2, 0) is 14.0 Å². The Labute approximate surface area is 136 Å². The molecule has 3 rings (SSSR count). The van der Waals surface area contributed by atoms with Crippen LogP contribution in [0, 0.1) is 11.3 Å². The van der Waals surface area contributed by atoms with Crippen LogP contribution in [0.3, 0.4) is 0 Å². The summed E-state index contributed by atoms with van der Waals surface area (Å²) in [4.78, 5) is 4.43. The molecule has 23 heavy (non-hydrogen) atoms. The van der Waals surface area contributed by atoms with Gasteiger partial charge in [-0.05, 0) is 32.2 Å². The summed E-state index contributed by atoms with van der Waals surface area (Å²) in [5.74, 6) is 0. The summed E-state index contributed by atoms with van der Waals surface area (Å²) in [7, 11) is 0.993. The molecule has 0 saturated carbocycles. The van der Waals surface area contributed by atoms with Gasteiger partial charge >= 0.3 is 7.12 Å². The summed E-state index contributed by atoms with van der Waals surface area (Å²) in [5.41, 5.74) is 0.603. The van der Waals surface area contributed by atoms with Crippen LogP contribution < -0.4 is 5.46 Å². The second kappa shape index (κ2) is 5.61. The SMILES string of the molecule is COCC1(C)OB(c2cc3ccccc3nc2C#N)OC1(C)C. The van der Waals surface area contributed by atoms with E-state index in [4.69, 9.17) is 14.0 Å². The maximum atomic E-state index is 9.45. The van der Waals surface area contributed by atoms with Crippen LogP contribution in [0.15, 0.2) is 30.3 Å². The monoisotopic (exact) mass is 310 g/mol. The standard InChI is InChI=1S/C17H19BN2O3/c1-16(2)17(3,11-21-4)23-18(22-16)13-9-12-7-5-6-8-14(12)20-15(13)10-19/h5-9H,11H2,1-4H3. The van der Waals surface area contributed by atoms with Crippen LogP contribution in [0.2, 0.25) is 0 Å². The van der Waals surface area contributed by atoms with Crippen molar-refractivity contribution in [3.63, 3.8) is 0 Å². The van der Waals surface area contributed by atoms with Crippen molar-refractivity contribution in [3.8, 4) is 6.07 Å². The van der Waals surface area contributed by atoms with E-state index in [1.54, 1.807) is 7.11 Å². The van der Waals surface area contributed by atoms with Gasteiger partial charge in [0.1, 0.15) is 17.4 Å². The summed E-state index contributed by atoms with van der Waals surface area (Å²) in [6.45, 7) is 6.29. The molecule has 0 N–H and O–H groups in total. The molecule has 0 aliphatic carbocycles. The smallest absolute Gasteiger partial charge is 0.399 e. The number of aromatic nitrogens is 1. The van der Waals surface area contributed by atoms with E-state index in [0.29, 0.717) is 17.8 Å². The molecular formula is C17H19BN2O3. The van der Waals surface area contributed by atoms with Gasteiger partial charge in [0.2, 0.25) is 0 Å². The van der Waals surface area contributed by atoms with Crippen molar-refractivity contribution >= 4 is 23.5 Å². The summed E-state index contributed by atoms with van der Waals surface area (Å²) >= 11 is 0. The molecule has 0 spiro atoms. The number of benzene rings is 1. The Morgan fingerprint density at radius 3 is 2.70 bits per heavy atom. The number of para-hydroxylation sites is 1. The molecule has 1 aromatic carbocycles. The van der Waals surface area contributed by atoms with Crippen molar-refractivity contribution in [3.05, 3.63) is 36.0 Å². The van der Waals surface area contributed by atoms with Gasteiger partial charge in [0.05, 0.1) is 17.7 Å². The molecule has 1 aliphatic heterocycles. The van der Waals surface area contributed by atoms with Crippen LogP contribution in [0.25, 0.3) is 10.9 Å².